The summed E-state index contributed by atoms with van der Waals surface area (Å²) < 4.78 is 5.86. The van der Waals surface area contributed by atoms with Crippen molar-refractivity contribution in [2.75, 3.05) is 11.1 Å². The molecule has 0 aliphatic heterocycles. The van der Waals surface area contributed by atoms with Crippen molar-refractivity contribution in [3.05, 3.63) is 85.5 Å². The highest BCUT2D eigenvalue weighted by Gasteiger charge is 2.13. The molecule has 0 radical (unpaired) electrons. The third kappa shape index (κ3) is 4.36. The van der Waals surface area contributed by atoms with Crippen molar-refractivity contribution in [3.8, 4) is 28.3 Å². The first kappa shape index (κ1) is 21.3. The van der Waals surface area contributed by atoms with E-state index in [-0.39, 0.29) is 6.10 Å². The molecule has 3 heterocycles. The van der Waals surface area contributed by atoms with Gasteiger partial charge in [0.25, 0.3) is 0 Å². The lowest BCUT2D eigenvalue weighted by Gasteiger charge is -2.15. The first-order valence-electron chi connectivity index (χ1n) is 11.0. The summed E-state index contributed by atoms with van der Waals surface area (Å²) in [6, 6.07) is 21.6. The number of nitrogen functional groups attached to an aromatic ring is 1. The average Bonchev–Trinajstić information content (AvgIpc) is 2.85. The molecule has 0 aliphatic rings. The van der Waals surface area contributed by atoms with Crippen LogP contribution in [0.1, 0.15) is 13.8 Å². The summed E-state index contributed by atoms with van der Waals surface area (Å²) in [4.78, 5) is 17.6. The summed E-state index contributed by atoms with van der Waals surface area (Å²) in [5.74, 6) is 1.95. The van der Waals surface area contributed by atoms with Gasteiger partial charge in [-0.2, -0.15) is 0 Å². The van der Waals surface area contributed by atoms with E-state index in [1.165, 1.54) is 6.33 Å². The number of fused-ring (bicyclic) bond motifs is 1. The predicted octanol–water partition coefficient (Wildman–Crippen LogP) is 5.87. The van der Waals surface area contributed by atoms with Crippen molar-refractivity contribution in [2.45, 2.75) is 20.0 Å². The van der Waals surface area contributed by atoms with Gasteiger partial charge in [-0.25, -0.2) is 19.9 Å². The van der Waals surface area contributed by atoms with Crippen LogP contribution in [-0.4, -0.2) is 26.0 Å². The molecule has 0 unspecified atom stereocenters. The second-order valence-electron chi connectivity index (χ2n) is 8.11. The molecule has 0 saturated carbocycles. The summed E-state index contributed by atoms with van der Waals surface area (Å²) in [5.41, 5.74) is 10.6. The Morgan fingerprint density at radius 3 is 2.56 bits per heavy atom. The zero-order valence-electron chi connectivity index (χ0n) is 18.9. The Labute approximate surface area is 197 Å². The van der Waals surface area contributed by atoms with Crippen LogP contribution in [0.15, 0.2) is 85.5 Å². The van der Waals surface area contributed by atoms with Crippen molar-refractivity contribution in [2.24, 2.45) is 0 Å². The Morgan fingerprint density at radius 1 is 0.853 bits per heavy atom. The van der Waals surface area contributed by atoms with Gasteiger partial charge in [0.2, 0.25) is 0 Å². The highest BCUT2D eigenvalue weighted by Crippen LogP contribution is 2.35. The largest absolute Gasteiger partial charge is 0.491 e. The van der Waals surface area contributed by atoms with E-state index < -0.39 is 0 Å². The summed E-state index contributed by atoms with van der Waals surface area (Å²) in [7, 11) is 0. The Bertz CT molecular complexity index is 1450. The summed E-state index contributed by atoms with van der Waals surface area (Å²) >= 11 is 0. The quantitative estimate of drug-likeness (QED) is 0.335. The topological polar surface area (TPSA) is 98.8 Å². The Kier molecular flexibility index (Phi) is 5.74. The van der Waals surface area contributed by atoms with E-state index >= 15 is 0 Å². The van der Waals surface area contributed by atoms with Crippen molar-refractivity contribution in [1.82, 2.24) is 19.9 Å². The van der Waals surface area contributed by atoms with Crippen LogP contribution < -0.4 is 15.8 Å². The lowest BCUT2D eigenvalue weighted by Crippen LogP contribution is -2.05. The van der Waals surface area contributed by atoms with Crippen LogP contribution in [0.5, 0.6) is 5.75 Å². The van der Waals surface area contributed by atoms with Crippen LogP contribution in [-0.2, 0) is 0 Å². The second kappa shape index (κ2) is 9.15. The molecule has 0 bridgehead atoms. The second-order valence-corrected chi connectivity index (χ2v) is 8.11. The predicted molar refractivity (Wildman–Crippen MR) is 136 cm³/mol. The van der Waals surface area contributed by atoms with E-state index in [4.69, 9.17) is 10.5 Å². The maximum absolute atomic E-state index is 6.39. The molecule has 5 aromatic rings. The van der Waals surface area contributed by atoms with E-state index in [0.29, 0.717) is 11.6 Å². The van der Waals surface area contributed by atoms with Crippen molar-refractivity contribution in [1.29, 1.82) is 0 Å². The smallest absolute Gasteiger partial charge is 0.139 e. The number of anilines is 3. The van der Waals surface area contributed by atoms with Gasteiger partial charge in [-0.05, 0) is 56.3 Å². The molecule has 34 heavy (non-hydrogen) atoms. The lowest BCUT2D eigenvalue weighted by atomic mass is 10.0. The molecule has 7 heteroatoms. The summed E-state index contributed by atoms with van der Waals surface area (Å²) in [6.45, 7) is 4.01. The fraction of sp³-hybridized carbons (Fsp3) is 0.111. The normalized spacial score (nSPS) is 11.0. The molecule has 3 aromatic heterocycles. The molecule has 0 spiro atoms. The number of pyridine rings is 2. The Morgan fingerprint density at radius 2 is 1.74 bits per heavy atom. The number of hydrogen-bond acceptors (Lipinski definition) is 7. The SMILES string of the molecule is CC(C)Oc1cccc(-c2cc3c(Nc4ncccc4-c4ccncn4)cccc3c(N)n2)c1. The molecule has 2 aromatic carbocycles. The summed E-state index contributed by atoms with van der Waals surface area (Å²) in [6.07, 6.45) is 5.08. The molecule has 0 amide bonds. The van der Waals surface area contributed by atoms with Crippen LogP contribution in [0.2, 0.25) is 0 Å². The molecule has 0 atom stereocenters. The van der Waals surface area contributed by atoms with Gasteiger partial charge in [-0.3, -0.25) is 0 Å². The molecular formula is C27H24N6O. The van der Waals surface area contributed by atoms with Gasteiger partial charge in [-0.1, -0.05) is 24.3 Å². The first-order chi connectivity index (χ1) is 16.6. The zero-order valence-corrected chi connectivity index (χ0v) is 18.9. The number of rotatable bonds is 6. The van der Waals surface area contributed by atoms with Gasteiger partial charge in [0.15, 0.2) is 0 Å². The minimum Gasteiger partial charge on any atom is -0.491 e. The number of nitrogens with one attached hydrogen (secondary N) is 1. The number of nitrogens with zero attached hydrogens (tertiary/aromatic N) is 4. The van der Waals surface area contributed by atoms with Crippen LogP contribution in [0, 0.1) is 0 Å². The van der Waals surface area contributed by atoms with E-state index in [1.54, 1.807) is 12.4 Å². The average molecular weight is 449 g/mol. The van der Waals surface area contributed by atoms with E-state index in [2.05, 4.69) is 25.3 Å². The molecule has 0 saturated heterocycles. The zero-order chi connectivity index (χ0) is 23.5. The molecular weight excluding hydrogens is 424 g/mol. The Balaban J connectivity index is 1.59. The minimum atomic E-state index is 0.0862. The van der Waals surface area contributed by atoms with E-state index in [9.17, 15) is 0 Å². The highest BCUT2D eigenvalue weighted by atomic mass is 16.5. The van der Waals surface area contributed by atoms with Crippen molar-refractivity contribution < 1.29 is 4.74 Å². The standard InChI is InChI=1S/C27H24N6O/c1-17(2)34-19-7-3-6-18(14-19)25-15-22-20(26(28)32-25)8-4-10-24(22)33-27-21(9-5-12-30-27)23-11-13-29-16-31-23/h3-17H,1-2H3,(H2,28,32)(H,30,33). The van der Waals surface area contributed by atoms with Crippen LogP contribution in [0.3, 0.4) is 0 Å². The minimum absolute atomic E-state index is 0.0862. The van der Waals surface area contributed by atoms with Gasteiger partial charge in [0.1, 0.15) is 23.7 Å². The number of hydrogen-bond donors (Lipinski definition) is 2. The van der Waals surface area contributed by atoms with Crippen molar-refractivity contribution in [3.63, 3.8) is 0 Å². The summed E-state index contributed by atoms with van der Waals surface area (Å²) in [5, 5.41) is 5.29. The molecule has 3 N–H and O–H groups in total. The van der Waals surface area contributed by atoms with Gasteiger partial charge >= 0.3 is 0 Å². The van der Waals surface area contributed by atoms with Crippen LogP contribution in [0.25, 0.3) is 33.3 Å². The molecule has 0 aliphatic carbocycles. The lowest BCUT2D eigenvalue weighted by molar-refractivity contribution is 0.242. The maximum Gasteiger partial charge on any atom is 0.139 e. The Hall–Kier alpha value is -4.52. The van der Waals surface area contributed by atoms with Gasteiger partial charge in [-0.15, -0.1) is 0 Å². The number of nitrogens with two attached hydrogens (primary N) is 1. The van der Waals surface area contributed by atoms with Crippen LogP contribution in [0.4, 0.5) is 17.3 Å². The van der Waals surface area contributed by atoms with Gasteiger partial charge in [0, 0.05) is 40.0 Å². The molecule has 5 rings (SSSR count). The van der Waals surface area contributed by atoms with E-state index in [0.717, 1.165) is 44.7 Å². The molecule has 7 nitrogen and oxygen atoms in total. The fourth-order valence-electron chi connectivity index (χ4n) is 3.85. The fourth-order valence-corrected chi connectivity index (χ4v) is 3.85. The number of ether oxygens (including phenoxy) is 1. The number of benzene rings is 2. The third-order valence-electron chi connectivity index (χ3n) is 5.32. The van der Waals surface area contributed by atoms with E-state index in [1.807, 2.05) is 80.6 Å². The monoisotopic (exact) mass is 448 g/mol. The van der Waals surface area contributed by atoms with Crippen LogP contribution >= 0.6 is 0 Å². The molecule has 168 valence electrons. The number of aromatic nitrogens is 4. The third-order valence-corrected chi connectivity index (χ3v) is 5.32. The van der Waals surface area contributed by atoms with Gasteiger partial charge < -0.3 is 15.8 Å². The maximum atomic E-state index is 6.39. The first-order valence-corrected chi connectivity index (χ1v) is 11.0. The highest BCUT2D eigenvalue weighted by molar-refractivity contribution is 6.02. The van der Waals surface area contributed by atoms with Gasteiger partial charge in [0.05, 0.1) is 17.5 Å². The van der Waals surface area contributed by atoms with Crippen molar-refractivity contribution >= 4 is 28.1 Å². The molecule has 0 fully saturated rings.